The summed E-state index contributed by atoms with van der Waals surface area (Å²) in [6.45, 7) is 5.98. The predicted molar refractivity (Wildman–Crippen MR) is 84.7 cm³/mol. The molecule has 3 atom stereocenters. The van der Waals surface area contributed by atoms with E-state index in [-0.39, 0.29) is 11.7 Å². The van der Waals surface area contributed by atoms with Crippen molar-refractivity contribution >= 4 is 0 Å². The number of benzene rings is 2. The Labute approximate surface area is 126 Å². The first-order valence-electron chi connectivity index (χ1n) is 7.53. The summed E-state index contributed by atoms with van der Waals surface area (Å²) in [6, 6.07) is 15.0. The Morgan fingerprint density at radius 1 is 1.05 bits per heavy atom. The zero-order valence-electron chi connectivity index (χ0n) is 12.9. The Balaban J connectivity index is 2.38. The van der Waals surface area contributed by atoms with Gasteiger partial charge in [-0.05, 0) is 35.6 Å². The van der Waals surface area contributed by atoms with E-state index in [4.69, 9.17) is 0 Å². The molecule has 0 fully saturated rings. The molecule has 2 rings (SSSR count). The van der Waals surface area contributed by atoms with Gasteiger partial charge in [-0.15, -0.1) is 0 Å². The SMILES string of the molecule is CCC(C)C(c1ccccc1)C(O)c1ccc(C)c(F)c1. The molecule has 2 aromatic carbocycles. The van der Waals surface area contributed by atoms with Crippen LogP contribution >= 0.6 is 0 Å². The first-order chi connectivity index (χ1) is 10.0. The maximum atomic E-state index is 13.8. The van der Waals surface area contributed by atoms with Gasteiger partial charge < -0.3 is 5.11 Å². The summed E-state index contributed by atoms with van der Waals surface area (Å²) in [7, 11) is 0. The van der Waals surface area contributed by atoms with Crippen LogP contribution in [0.25, 0.3) is 0 Å². The molecule has 1 nitrogen and oxygen atoms in total. The van der Waals surface area contributed by atoms with E-state index in [1.54, 1.807) is 13.0 Å². The number of aliphatic hydroxyl groups is 1. The zero-order valence-corrected chi connectivity index (χ0v) is 12.9. The molecule has 2 heteroatoms. The van der Waals surface area contributed by atoms with Gasteiger partial charge >= 0.3 is 0 Å². The van der Waals surface area contributed by atoms with Gasteiger partial charge in [0.2, 0.25) is 0 Å². The minimum absolute atomic E-state index is 0.0293. The molecular formula is C19H23FO. The lowest BCUT2D eigenvalue weighted by atomic mass is 9.79. The molecule has 0 amide bonds. The summed E-state index contributed by atoms with van der Waals surface area (Å²) < 4.78 is 13.8. The van der Waals surface area contributed by atoms with Gasteiger partial charge in [-0.1, -0.05) is 62.7 Å². The Hall–Kier alpha value is -1.67. The molecule has 0 saturated carbocycles. The second kappa shape index (κ2) is 6.86. The maximum absolute atomic E-state index is 13.8. The highest BCUT2D eigenvalue weighted by atomic mass is 19.1. The van der Waals surface area contributed by atoms with Crippen molar-refractivity contribution in [2.24, 2.45) is 5.92 Å². The molecule has 0 saturated heterocycles. The Kier molecular flexibility index (Phi) is 5.13. The van der Waals surface area contributed by atoms with Crippen molar-refractivity contribution in [3.8, 4) is 0 Å². The average Bonchev–Trinajstić information content (AvgIpc) is 2.51. The summed E-state index contributed by atoms with van der Waals surface area (Å²) in [5, 5.41) is 10.8. The summed E-state index contributed by atoms with van der Waals surface area (Å²) in [6.07, 6.45) is 0.266. The van der Waals surface area contributed by atoms with Crippen LogP contribution in [0.2, 0.25) is 0 Å². The summed E-state index contributed by atoms with van der Waals surface area (Å²) in [5.74, 6) is 0.0209. The van der Waals surface area contributed by atoms with Crippen molar-refractivity contribution in [1.29, 1.82) is 0 Å². The van der Waals surface area contributed by atoms with Crippen LogP contribution in [-0.2, 0) is 0 Å². The van der Waals surface area contributed by atoms with Crippen molar-refractivity contribution in [2.45, 2.75) is 39.2 Å². The molecule has 0 aliphatic rings. The number of hydrogen-bond acceptors (Lipinski definition) is 1. The van der Waals surface area contributed by atoms with Gasteiger partial charge in [0.25, 0.3) is 0 Å². The fourth-order valence-corrected chi connectivity index (χ4v) is 2.75. The van der Waals surface area contributed by atoms with Crippen molar-refractivity contribution < 1.29 is 9.50 Å². The molecule has 0 aliphatic carbocycles. The van der Waals surface area contributed by atoms with Crippen molar-refractivity contribution in [2.75, 3.05) is 0 Å². The van der Waals surface area contributed by atoms with E-state index in [2.05, 4.69) is 13.8 Å². The number of hydrogen-bond donors (Lipinski definition) is 1. The average molecular weight is 286 g/mol. The topological polar surface area (TPSA) is 20.2 Å². The molecule has 0 heterocycles. The largest absolute Gasteiger partial charge is 0.388 e. The molecule has 0 bridgehead atoms. The van der Waals surface area contributed by atoms with Crippen LogP contribution in [0.5, 0.6) is 0 Å². The van der Waals surface area contributed by atoms with Gasteiger partial charge in [0.05, 0.1) is 6.10 Å². The molecular weight excluding hydrogens is 263 g/mol. The fourth-order valence-electron chi connectivity index (χ4n) is 2.75. The molecule has 112 valence electrons. The van der Waals surface area contributed by atoms with Gasteiger partial charge in [-0.3, -0.25) is 0 Å². The lowest BCUT2D eigenvalue weighted by Gasteiger charge is -2.29. The van der Waals surface area contributed by atoms with E-state index in [1.807, 2.05) is 36.4 Å². The summed E-state index contributed by atoms with van der Waals surface area (Å²) in [4.78, 5) is 0. The molecule has 0 aromatic heterocycles. The van der Waals surface area contributed by atoms with Crippen LogP contribution in [0, 0.1) is 18.7 Å². The van der Waals surface area contributed by atoms with Gasteiger partial charge in [-0.25, -0.2) is 4.39 Å². The number of halogens is 1. The zero-order chi connectivity index (χ0) is 15.4. The van der Waals surface area contributed by atoms with Crippen molar-refractivity contribution in [1.82, 2.24) is 0 Å². The first-order valence-corrected chi connectivity index (χ1v) is 7.53. The Morgan fingerprint density at radius 3 is 2.29 bits per heavy atom. The minimum atomic E-state index is -0.697. The second-order valence-corrected chi connectivity index (χ2v) is 5.78. The van der Waals surface area contributed by atoms with Crippen LogP contribution in [0.15, 0.2) is 48.5 Å². The normalized spacial score (nSPS) is 15.5. The number of aliphatic hydroxyl groups excluding tert-OH is 1. The number of aryl methyl sites for hydroxylation is 1. The van der Waals surface area contributed by atoms with Crippen LogP contribution in [0.4, 0.5) is 4.39 Å². The van der Waals surface area contributed by atoms with E-state index in [9.17, 15) is 9.50 Å². The van der Waals surface area contributed by atoms with Gasteiger partial charge in [0, 0.05) is 5.92 Å². The highest BCUT2D eigenvalue weighted by Crippen LogP contribution is 2.38. The third-order valence-electron chi connectivity index (χ3n) is 4.32. The van der Waals surface area contributed by atoms with Gasteiger partial charge in [0.15, 0.2) is 0 Å². The maximum Gasteiger partial charge on any atom is 0.126 e. The molecule has 3 unspecified atom stereocenters. The van der Waals surface area contributed by atoms with Gasteiger partial charge in [0.1, 0.15) is 5.82 Å². The molecule has 0 radical (unpaired) electrons. The molecule has 21 heavy (non-hydrogen) atoms. The molecule has 1 N–H and O–H groups in total. The fraction of sp³-hybridized carbons (Fsp3) is 0.368. The highest BCUT2D eigenvalue weighted by Gasteiger charge is 2.27. The van der Waals surface area contributed by atoms with E-state index in [0.29, 0.717) is 17.0 Å². The summed E-state index contributed by atoms with van der Waals surface area (Å²) >= 11 is 0. The lowest BCUT2D eigenvalue weighted by Crippen LogP contribution is -2.18. The molecule has 0 spiro atoms. The van der Waals surface area contributed by atoms with Crippen LogP contribution in [-0.4, -0.2) is 5.11 Å². The molecule has 2 aromatic rings. The molecule has 0 aliphatic heterocycles. The van der Waals surface area contributed by atoms with E-state index in [0.717, 1.165) is 12.0 Å². The quantitative estimate of drug-likeness (QED) is 0.820. The van der Waals surface area contributed by atoms with Crippen LogP contribution < -0.4 is 0 Å². The minimum Gasteiger partial charge on any atom is -0.388 e. The van der Waals surface area contributed by atoms with E-state index in [1.165, 1.54) is 6.07 Å². The van der Waals surface area contributed by atoms with E-state index >= 15 is 0 Å². The van der Waals surface area contributed by atoms with E-state index < -0.39 is 6.10 Å². The van der Waals surface area contributed by atoms with Crippen LogP contribution in [0.1, 0.15) is 49.0 Å². The Morgan fingerprint density at radius 2 is 1.71 bits per heavy atom. The highest BCUT2D eigenvalue weighted by molar-refractivity contribution is 5.30. The van der Waals surface area contributed by atoms with Crippen molar-refractivity contribution in [3.63, 3.8) is 0 Å². The number of rotatable bonds is 5. The smallest absolute Gasteiger partial charge is 0.126 e. The third kappa shape index (κ3) is 3.51. The van der Waals surface area contributed by atoms with Gasteiger partial charge in [-0.2, -0.15) is 0 Å². The monoisotopic (exact) mass is 286 g/mol. The lowest BCUT2D eigenvalue weighted by molar-refractivity contribution is 0.117. The van der Waals surface area contributed by atoms with Crippen molar-refractivity contribution in [3.05, 3.63) is 71.0 Å². The van der Waals surface area contributed by atoms with Crippen LogP contribution in [0.3, 0.4) is 0 Å². The third-order valence-corrected chi connectivity index (χ3v) is 4.32. The summed E-state index contributed by atoms with van der Waals surface area (Å²) in [5.41, 5.74) is 2.35. The Bertz CT molecular complexity index is 579. The second-order valence-electron chi connectivity index (χ2n) is 5.78. The standard InChI is InChI=1S/C19H23FO/c1-4-13(2)18(15-8-6-5-7-9-15)19(21)16-11-10-14(3)17(20)12-16/h5-13,18-19,21H,4H2,1-3H3. The predicted octanol–water partition coefficient (Wildman–Crippen LogP) is 5.00. The first kappa shape index (κ1) is 15.7.